The van der Waals surface area contributed by atoms with Crippen molar-refractivity contribution in [3.63, 3.8) is 0 Å². The Bertz CT molecular complexity index is 207. The lowest BCUT2D eigenvalue weighted by Crippen LogP contribution is -2.51. The Hall–Kier alpha value is -0.160. The molecular weight excluding hydrogens is 230 g/mol. The van der Waals surface area contributed by atoms with Crippen molar-refractivity contribution in [3.05, 3.63) is 0 Å². The number of aliphatic hydroxyl groups excluding tert-OH is 2. The Morgan fingerprint density at radius 3 is 2.22 bits per heavy atom. The molecule has 0 aromatic carbocycles. The van der Waals surface area contributed by atoms with Crippen LogP contribution in [0.4, 0.5) is 0 Å². The highest BCUT2D eigenvalue weighted by molar-refractivity contribution is 4.92. The van der Waals surface area contributed by atoms with Crippen LogP contribution in [0, 0.1) is 0 Å². The smallest absolute Gasteiger partial charge is 0.108 e. The predicted octanol–water partition coefficient (Wildman–Crippen LogP) is 1.80. The second-order valence-electron chi connectivity index (χ2n) is 5.45. The predicted molar refractivity (Wildman–Crippen MR) is 72.4 cm³/mol. The van der Waals surface area contributed by atoms with Crippen molar-refractivity contribution in [1.29, 1.82) is 0 Å². The zero-order chi connectivity index (χ0) is 13.3. The topological polar surface area (TPSA) is 61.7 Å². The third-order valence-electron chi connectivity index (χ3n) is 3.70. The van der Waals surface area contributed by atoms with Crippen LogP contribution in [-0.2, 0) is 4.74 Å². The molecular formula is C14H29NO3. The maximum Gasteiger partial charge on any atom is 0.108 e. The molecule has 0 aromatic heterocycles. The van der Waals surface area contributed by atoms with Crippen LogP contribution < -0.4 is 5.32 Å². The van der Waals surface area contributed by atoms with Gasteiger partial charge >= 0.3 is 0 Å². The molecule has 108 valence electrons. The normalized spacial score (nSPS) is 22.5. The average Bonchev–Trinajstić information content (AvgIpc) is 2.82. The first-order chi connectivity index (χ1) is 8.76. The van der Waals surface area contributed by atoms with Crippen LogP contribution in [0.25, 0.3) is 0 Å². The van der Waals surface area contributed by atoms with Crippen molar-refractivity contribution in [1.82, 2.24) is 5.32 Å². The van der Waals surface area contributed by atoms with E-state index in [1.807, 2.05) is 0 Å². The number of nitrogens with one attached hydrogen (secondary N) is 1. The first-order valence-corrected chi connectivity index (χ1v) is 7.37. The van der Waals surface area contributed by atoms with Crippen molar-refractivity contribution in [2.24, 2.45) is 0 Å². The molecule has 4 nitrogen and oxygen atoms in total. The van der Waals surface area contributed by atoms with E-state index < -0.39 is 5.54 Å². The van der Waals surface area contributed by atoms with Gasteiger partial charge in [-0.05, 0) is 12.8 Å². The van der Waals surface area contributed by atoms with E-state index in [1.165, 1.54) is 38.5 Å². The highest BCUT2D eigenvalue weighted by Crippen LogP contribution is 2.19. The van der Waals surface area contributed by atoms with Crippen LogP contribution in [0.2, 0.25) is 0 Å². The first kappa shape index (κ1) is 15.9. The van der Waals surface area contributed by atoms with E-state index in [9.17, 15) is 10.2 Å². The number of unbranched alkanes of at least 4 members (excludes halogenated alkanes) is 6. The van der Waals surface area contributed by atoms with Gasteiger partial charge in [-0.25, -0.2) is 0 Å². The molecule has 1 unspecified atom stereocenters. The quantitative estimate of drug-likeness (QED) is 0.524. The number of hydrogen-bond donors (Lipinski definition) is 3. The van der Waals surface area contributed by atoms with E-state index in [0.717, 1.165) is 12.8 Å². The lowest BCUT2D eigenvalue weighted by atomic mass is 10.0. The minimum atomic E-state index is -0.619. The van der Waals surface area contributed by atoms with Crippen LogP contribution in [0.3, 0.4) is 0 Å². The van der Waals surface area contributed by atoms with Crippen LogP contribution in [0.1, 0.15) is 58.3 Å². The van der Waals surface area contributed by atoms with Gasteiger partial charge < -0.3 is 14.9 Å². The Labute approximate surface area is 111 Å². The molecule has 18 heavy (non-hydrogen) atoms. The fraction of sp³-hybridized carbons (Fsp3) is 1.00. The second-order valence-corrected chi connectivity index (χ2v) is 5.45. The van der Waals surface area contributed by atoms with E-state index in [2.05, 4.69) is 12.2 Å². The summed E-state index contributed by atoms with van der Waals surface area (Å²) in [5.41, 5.74) is -0.619. The summed E-state index contributed by atoms with van der Waals surface area (Å²) in [6.45, 7) is 2.49. The third-order valence-corrected chi connectivity index (χ3v) is 3.70. The molecule has 1 aliphatic rings. The van der Waals surface area contributed by atoms with E-state index >= 15 is 0 Å². The van der Waals surface area contributed by atoms with Crippen LogP contribution in [-0.4, -0.2) is 41.8 Å². The summed E-state index contributed by atoms with van der Waals surface area (Å²) in [4.78, 5) is 0. The van der Waals surface area contributed by atoms with Gasteiger partial charge in [-0.2, -0.15) is 0 Å². The van der Waals surface area contributed by atoms with Gasteiger partial charge in [0.05, 0.1) is 25.4 Å². The first-order valence-electron chi connectivity index (χ1n) is 7.37. The molecule has 1 atom stereocenters. The molecule has 0 spiro atoms. The molecule has 0 saturated carbocycles. The second kappa shape index (κ2) is 8.86. The van der Waals surface area contributed by atoms with Gasteiger partial charge in [0.25, 0.3) is 0 Å². The Morgan fingerprint density at radius 2 is 1.67 bits per heavy atom. The maximum absolute atomic E-state index is 9.22. The summed E-state index contributed by atoms with van der Waals surface area (Å²) in [5.74, 6) is 0. The van der Waals surface area contributed by atoms with Crippen molar-refractivity contribution < 1.29 is 14.9 Å². The van der Waals surface area contributed by atoms with E-state index in [4.69, 9.17) is 4.74 Å². The molecule has 0 bridgehead atoms. The maximum atomic E-state index is 9.22. The van der Waals surface area contributed by atoms with Gasteiger partial charge in [0.15, 0.2) is 0 Å². The highest BCUT2D eigenvalue weighted by Gasteiger charge is 2.38. The molecule has 1 saturated heterocycles. The molecule has 0 amide bonds. The molecule has 3 N–H and O–H groups in total. The Kier molecular flexibility index (Phi) is 7.82. The fourth-order valence-electron chi connectivity index (χ4n) is 2.36. The summed E-state index contributed by atoms with van der Waals surface area (Å²) < 4.78 is 5.56. The summed E-state index contributed by atoms with van der Waals surface area (Å²) in [6.07, 6.45) is 10.0. The minimum Gasteiger partial charge on any atom is -0.394 e. The lowest BCUT2D eigenvalue weighted by Gasteiger charge is -2.23. The van der Waals surface area contributed by atoms with E-state index in [-0.39, 0.29) is 19.4 Å². The van der Waals surface area contributed by atoms with Crippen molar-refractivity contribution in [2.45, 2.75) is 70.1 Å². The van der Waals surface area contributed by atoms with Gasteiger partial charge in [0.1, 0.15) is 6.23 Å². The number of hydrogen-bond acceptors (Lipinski definition) is 4. The molecule has 0 aromatic rings. The lowest BCUT2D eigenvalue weighted by molar-refractivity contribution is 0.0724. The molecule has 0 radical (unpaired) electrons. The van der Waals surface area contributed by atoms with Crippen molar-refractivity contribution in [3.8, 4) is 0 Å². The molecule has 0 aliphatic carbocycles. The van der Waals surface area contributed by atoms with Crippen molar-refractivity contribution >= 4 is 0 Å². The highest BCUT2D eigenvalue weighted by atomic mass is 16.5. The monoisotopic (exact) mass is 259 g/mol. The van der Waals surface area contributed by atoms with E-state index in [1.54, 1.807) is 0 Å². The Balaban J connectivity index is 2.01. The SMILES string of the molecule is CCCCCCCCCC1NC(CO)(CO)CO1. The molecule has 4 heteroatoms. The molecule has 1 aliphatic heterocycles. The minimum absolute atomic E-state index is 0.0000539. The van der Waals surface area contributed by atoms with Crippen LogP contribution >= 0.6 is 0 Å². The molecule has 1 heterocycles. The largest absolute Gasteiger partial charge is 0.394 e. The van der Waals surface area contributed by atoms with Gasteiger partial charge in [-0.15, -0.1) is 0 Å². The van der Waals surface area contributed by atoms with Gasteiger partial charge in [0.2, 0.25) is 0 Å². The fourth-order valence-corrected chi connectivity index (χ4v) is 2.36. The average molecular weight is 259 g/mol. The van der Waals surface area contributed by atoms with Crippen LogP contribution in [0.5, 0.6) is 0 Å². The summed E-state index contributed by atoms with van der Waals surface area (Å²) in [6, 6.07) is 0. The number of aliphatic hydroxyl groups is 2. The standard InChI is InChI=1S/C14H29NO3/c1-2-3-4-5-6-7-8-9-13-15-14(10-16,11-17)12-18-13/h13,15-17H,2-12H2,1H3. The summed E-state index contributed by atoms with van der Waals surface area (Å²) in [7, 11) is 0. The van der Waals surface area contributed by atoms with Crippen LogP contribution in [0.15, 0.2) is 0 Å². The third kappa shape index (κ3) is 5.22. The van der Waals surface area contributed by atoms with E-state index in [0.29, 0.717) is 6.61 Å². The van der Waals surface area contributed by atoms with Gasteiger partial charge in [-0.3, -0.25) is 5.32 Å². The number of ether oxygens (including phenoxy) is 1. The zero-order valence-electron chi connectivity index (χ0n) is 11.7. The van der Waals surface area contributed by atoms with Crippen molar-refractivity contribution in [2.75, 3.05) is 19.8 Å². The van der Waals surface area contributed by atoms with Gasteiger partial charge in [-0.1, -0.05) is 45.4 Å². The zero-order valence-corrected chi connectivity index (χ0v) is 11.7. The molecule has 1 fully saturated rings. The summed E-state index contributed by atoms with van der Waals surface area (Å²) >= 11 is 0. The Morgan fingerprint density at radius 1 is 1.06 bits per heavy atom. The van der Waals surface area contributed by atoms with Gasteiger partial charge in [0, 0.05) is 0 Å². The summed E-state index contributed by atoms with van der Waals surface area (Å²) in [5, 5.41) is 21.6. The molecule has 1 rings (SSSR count). The number of rotatable bonds is 10.